The Bertz CT molecular complexity index is 544. The number of anilines is 1. The van der Waals surface area contributed by atoms with Gasteiger partial charge < -0.3 is 5.32 Å². The molecule has 2 rings (SSSR count). The Balaban J connectivity index is 2.00. The topological polar surface area (TPSA) is 12.0 Å². The van der Waals surface area contributed by atoms with Crippen LogP contribution in [0.3, 0.4) is 0 Å². The Morgan fingerprint density at radius 1 is 1.05 bits per heavy atom. The maximum absolute atomic E-state index is 13.4. The van der Waals surface area contributed by atoms with Gasteiger partial charge in [0.1, 0.15) is 5.82 Å². The molecule has 0 aliphatic rings. The zero-order valence-corrected chi connectivity index (χ0v) is 11.7. The molecule has 0 spiro atoms. The van der Waals surface area contributed by atoms with E-state index >= 15 is 0 Å². The molecule has 1 N–H and O–H groups in total. The summed E-state index contributed by atoms with van der Waals surface area (Å²) in [6.07, 6.45) is 0. The van der Waals surface area contributed by atoms with Crippen molar-refractivity contribution in [2.24, 2.45) is 0 Å². The molecule has 1 nitrogen and oxygen atoms in total. The molecule has 2 aromatic rings. The van der Waals surface area contributed by atoms with E-state index in [9.17, 15) is 4.39 Å². The van der Waals surface area contributed by atoms with E-state index in [4.69, 9.17) is 0 Å². The average Bonchev–Trinajstić information content (AvgIpc) is 2.40. The highest BCUT2D eigenvalue weighted by Gasteiger charge is 2.01. The summed E-state index contributed by atoms with van der Waals surface area (Å²) in [5, 5.41) is 3.24. The van der Waals surface area contributed by atoms with E-state index in [0.29, 0.717) is 18.0 Å². The monoisotopic (exact) mass is 257 g/mol. The Morgan fingerprint density at radius 3 is 2.32 bits per heavy atom. The van der Waals surface area contributed by atoms with Crippen LogP contribution in [0.2, 0.25) is 0 Å². The summed E-state index contributed by atoms with van der Waals surface area (Å²) in [7, 11) is 0. The smallest absolute Gasteiger partial charge is 0.128 e. The fourth-order valence-corrected chi connectivity index (χ4v) is 1.93. The van der Waals surface area contributed by atoms with E-state index in [-0.39, 0.29) is 5.82 Å². The summed E-state index contributed by atoms with van der Waals surface area (Å²) in [6, 6.07) is 13.8. The molecular weight excluding hydrogens is 237 g/mol. The molecule has 0 aliphatic carbocycles. The van der Waals surface area contributed by atoms with Crippen LogP contribution in [0.1, 0.15) is 36.5 Å². The summed E-state index contributed by atoms with van der Waals surface area (Å²) in [5.41, 5.74) is 4.03. The van der Waals surface area contributed by atoms with Gasteiger partial charge in [-0.15, -0.1) is 0 Å². The summed E-state index contributed by atoms with van der Waals surface area (Å²) in [4.78, 5) is 0. The number of halogens is 1. The predicted octanol–water partition coefficient (Wildman–Crippen LogP) is 4.87. The second kappa shape index (κ2) is 5.87. The third kappa shape index (κ3) is 3.57. The Labute approximate surface area is 114 Å². The number of benzene rings is 2. The second-order valence-corrected chi connectivity index (χ2v) is 5.21. The first-order valence-corrected chi connectivity index (χ1v) is 6.65. The highest BCUT2D eigenvalue weighted by Crippen LogP contribution is 2.17. The van der Waals surface area contributed by atoms with Gasteiger partial charge in [-0.3, -0.25) is 0 Å². The summed E-state index contributed by atoms with van der Waals surface area (Å²) >= 11 is 0. The quantitative estimate of drug-likeness (QED) is 0.824. The minimum atomic E-state index is -0.167. The van der Waals surface area contributed by atoms with Crippen LogP contribution in [0.25, 0.3) is 0 Å². The average molecular weight is 257 g/mol. The molecule has 0 aromatic heterocycles. The molecule has 2 aromatic carbocycles. The van der Waals surface area contributed by atoms with E-state index < -0.39 is 0 Å². The lowest BCUT2D eigenvalue weighted by Crippen LogP contribution is -2.00. The zero-order valence-electron chi connectivity index (χ0n) is 11.7. The van der Waals surface area contributed by atoms with Crippen molar-refractivity contribution in [2.45, 2.75) is 33.2 Å². The first kappa shape index (κ1) is 13.6. The van der Waals surface area contributed by atoms with Crippen molar-refractivity contribution in [1.29, 1.82) is 0 Å². The molecule has 100 valence electrons. The largest absolute Gasteiger partial charge is 0.381 e. The van der Waals surface area contributed by atoms with Crippen LogP contribution in [0.5, 0.6) is 0 Å². The van der Waals surface area contributed by atoms with Gasteiger partial charge >= 0.3 is 0 Å². The summed E-state index contributed by atoms with van der Waals surface area (Å²) in [6.45, 7) is 6.84. The number of hydrogen-bond acceptors (Lipinski definition) is 1. The molecule has 0 fully saturated rings. The van der Waals surface area contributed by atoms with Gasteiger partial charge in [0.2, 0.25) is 0 Å². The van der Waals surface area contributed by atoms with Gasteiger partial charge in [0.05, 0.1) is 0 Å². The van der Waals surface area contributed by atoms with E-state index in [1.807, 2.05) is 6.07 Å². The van der Waals surface area contributed by atoms with Crippen LogP contribution in [0.15, 0.2) is 42.5 Å². The molecule has 0 aliphatic heterocycles. The van der Waals surface area contributed by atoms with Gasteiger partial charge in [-0.1, -0.05) is 44.2 Å². The lowest BCUT2D eigenvalue weighted by Gasteiger charge is -2.09. The second-order valence-electron chi connectivity index (χ2n) is 5.21. The summed E-state index contributed by atoms with van der Waals surface area (Å²) < 4.78 is 13.4. The van der Waals surface area contributed by atoms with Crippen LogP contribution >= 0.6 is 0 Å². The van der Waals surface area contributed by atoms with Gasteiger partial charge in [0, 0.05) is 12.2 Å². The van der Waals surface area contributed by atoms with Crippen molar-refractivity contribution in [1.82, 2.24) is 0 Å². The first-order chi connectivity index (χ1) is 9.06. The van der Waals surface area contributed by atoms with Gasteiger partial charge in [-0.05, 0) is 41.7 Å². The van der Waals surface area contributed by atoms with Crippen LogP contribution in [-0.4, -0.2) is 0 Å². The predicted molar refractivity (Wildman–Crippen MR) is 79.0 cm³/mol. The molecule has 19 heavy (non-hydrogen) atoms. The highest BCUT2D eigenvalue weighted by molar-refractivity contribution is 5.45. The van der Waals surface area contributed by atoms with Gasteiger partial charge in [-0.2, -0.15) is 0 Å². The number of rotatable bonds is 4. The van der Waals surface area contributed by atoms with Crippen molar-refractivity contribution in [3.8, 4) is 0 Å². The van der Waals surface area contributed by atoms with Gasteiger partial charge in [-0.25, -0.2) is 4.39 Å². The normalized spacial score (nSPS) is 10.8. The first-order valence-electron chi connectivity index (χ1n) is 6.65. The molecule has 0 heterocycles. The molecule has 0 saturated carbocycles. The number of aryl methyl sites for hydroxylation is 1. The van der Waals surface area contributed by atoms with Gasteiger partial charge in [0.25, 0.3) is 0 Å². The molecule has 0 radical (unpaired) electrons. The SMILES string of the molecule is Cc1ccc(NCc2ccc(C(C)C)cc2)cc1F. The molecule has 0 amide bonds. The van der Waals surface area contributed by atoms with E-state index in [1.165, 1.54) is 17.2 Å². The van der Waals surface area contributed by atoms with Crippen LogP contribution in [-0.2, 0) is 6.54 Å². The summed E-state index contributed by atoms with van der Waals surface area (Å²) in [5.74, 6) is 0.383. The maximum Gasteiger partial charge on any atom is 0.128 e. The fourth-order valence-electron chi connectivity index (χ4n) is 1.93. The minimum Gasteiger partial charge on any atom is -0.381 e. The lowest BCUT2D eigenvalue weighted by molar-refractivity contribution is 0.619. The molecular formula is C17H20FN. The maximum atomic E-state index is 13.4. The van der Waals surface area contributed by atoms with E-state index in [1.54, 1.807) is 13.0 Å². The third-order valence-corrected chi connectivity index (χ3v) is 3.31. The third-order valence-electron chi connectivity index (χ3n) is 3.31. The Hall–Kier alpha value is -1.83. The van der Waals surface area contributed by atoms with Gasteiger partial charge in [0.15, 0.2) is 0 Å². The minimum absolute atomic E-state index is 0.167. The van der Waals surface area contributed by atoms with Crippen molar-refractivity contribution >= 4 is 5.69 Å². The highest BCUT2D eigenvalue weighted by atomic mass is 19.1. The van der Waals surface area contributed by atoms with Crippen molar-refractivity contribution in [3.05, 3.63) is 65.0 Å². The van der Waals surface area contributed by atoms with Crippen LogP contribution in [0.4, 0.5) is 10.1 Å². The Kier molecular flexibility index (Phi) is 4.20. The molecule has 0 bridgehead atoms. The fraction of sp³-hybridized carbons (Fsp3) is 0.294. The van der Waals surface area contributed by atoms with Crippen LogP contribution in [0, 0.1) is 12.7 Å². The molecule has 2 heteroatoms. The molecule has 0 atom stereocenters. The van der Waals surface area contributed by atoms with E-state index in [0.717, 1.165) is 5.69 Å². The molecule has 0 unspecified atom stereocenters. The lowest BCUT2D eigenvalue weighted by atomic mass is 10.0. The standard InChI is InChI=1S/C17H20FN/c1-12(2)15-7-5-14(6-8-15)11-19-16-9-4-13(3)17(18)10-16/h4-10,12,19H,11H2,1-3H3. The zero-order chi connectivity index (χ0) is 13.8. The Morgan fingerprint density at radius 2 is 1.74 bits per heavy atom. The van der Waals surface area contributed by atoms with Crippen molar-refractivity contribution < 1.29 is 4.39 Å². The van der Waals surface area contributed by atoms with Crippen molar-refractivity contribution in [2.75, 3.05) is 5.32 Å². The van der Waals surface area contributed by atoms with E-state index in [2.05, 4.69) is 43.4 Å². The number of nitrogens with one attached hydrogen (secondary N) is 1. The van der Waals surface area contributed by atoms with Crippen LogP contribution < -0.4 is 5.32 Å². The van der Waals surface area contributed by atoms with Crippen molar-refractivity contribution in [3.63, 3.8) is 0 Å². The molecule has 0 saturated heterocycles. The number of hydrogen-bond donors (Lipinski definition) is 1.